The Bertz CT molecular complexity index is 1570. The highest BCUT2D eigenvalue weighted by molar-refractivity contribution is 7.88. The molecule has 1 aliphatic heterocycles. The third-order valence-electron chi connectivity index (χ3n) is 7.17. The standard InChI is InChI=1S/C29H32FN3O5S/c1-17-6-7-18(30)14-25(17)31-16-23-21(12-13-24-27(23)33(4)28(34)29(2,3)32-24)22-11-8-19(15-26(22)37-5)38-39(35,36)20-9-10-20/h6-8,11-15,20,31-32H,9-10,16H2,1-5H3. The Kier molecular flexibility index (Phi) is 6.70. The third kappa shape index (κ3) is 5.13. The molecule has 0 unspecified atom stereocenters. The van der Waals surface area contributed by atoms with Crippen LogP contribution in [0.3, 0.4) is 0 Å². The molecule has 5 rings (SSSR count). The van der Waals surface area contributed by atoms with Crippen molar-refractivity contribution < 1.29 is 26.5 Å². The molecule has 0 spiro atoms. The first-order valence-electron chi connectivity index (χ1n) is 12.8. The van der Waals surface area contributed by atoms with E-state index < -0.39 is 20.9 Å². The van der Waals surface area contributed by atoms with Gasteiger partial charge in [0.1, 0.15) is 22.9 Å². The summed E-state index contributed by atoms with van der Waals surface area (Å²) in [6.45, 7) is 5.82. The molecule has 2 aliphatic rings. The molecule has 3 aromatic rings. The number of hydrogen-bond acceptors (Lipinski definition) is 7. The Morgan fingerprint density at radius 3 is 2.51 bits per heavy atom. The van der Waals surface area contributed by atoms with Gasteiger partial charge in [0.25, 0.3) is 5.91 Å². The number of methoxy groups -OCH3 is 1. The summed E-state index contributed by atoms with van der Waals surface area (Å²) in [7, 11) is -0.441. The molecule has 3 aromatic carbocycles. The van der Waals surface area contributed by atoms with Gasteiger partial charge in [-0.05, 0) is 75.1 Å². The lowest BCUT2D eigenvalue weighted by Gasteiger charge is -2.40. The molecule has 2 N–H and O–H groups in total. The van der Waals surface area contributed by atoms with E-state index in [0.29, 0.717) is 35.5 Å². The van der Waals surface area contributed by atoms with E-state index in [-0.39, 0.29) is 24.0 Å². The summed E-state index contributed by atoms with van der Waals surface area (Å²) in [5, 5.41) is 6.21. The summed E-state index contributed by atoms with van der Waals surface area (Å²) in [4.78, 5) is 14.9. The number of halogens is 1. The maximum absolute atomic E-state index is 14.0. The number of anilines is 3. The molecule has 8 nitrogen and oxygen atoms in total. The fourth-order valence-corrected chi connectivity index (χ4v) is 6.16. The summed E-state index contributed by atoms with van der Waals surface area (Å²) in [6.07, 6.45) is 1.20. The molecule has 1 saturated carbocycles. The first-order chi connectivity index (χ1) is 18.4. The molecule has 1 fully saturated rings. The van der Waals surface area contributed by atoms with Crippen LogP contribution in [0.1, 0.15) is 37.8 Å². The SMILES string of the molecule is COc1cc(OS(=O)(=O)C2CC2)ccc1-c1ccc2c(c1CNc1cc(F)ccc1C)N(C)C(=O)C(C)(C)N2. The first kappa shape index (κ1) is 26.8. The quantitative estimate of drug-likeness (QED) is 0.358. The molecule has 0 bridgehead atoms. The van der Waals surface area contributed by atoms with E-state index in [1.54, 1.807) is 36.2 Å². The van der Waals surface area contributed by atoms with Gasteiger partial charge in [-0.15, -0.1) is 0 Å². The number of carbonyl (C=O) groups excluding carboxylic acids is 1. The first-order valence-corrected chi connectivity index (χ1v) is 14.2. The highest BCUT2D eigenvalue weighted by Crippen LogP contribution is 2.45. The lowest BCUT2D eigenvalue weighted by Crippen LogP contribution is -2.52. The van der Waals surface area contributed by atoms with Crippen molar-refractivity contribution in [1.82, 2.24) is 0 Å². The number of fused-ring (bicyclic) bond motifs is 1. The number of rotatable bonds is 8. The van der Waals surface area contributed by atoms with Crippen LogP contribution in [0.25, 0.3) is 11.1 Å². The Hall–Kier alpha value is -3.79. The topological polar surface area (TPSA) is 97.0 Å². The number of nitrogens with one attached hydrogen (secondary N) is 2. The smallest absolute Gasteiger partial charge is 0.312 e. The molecule has 0 radical (unpaired) electrons. The zero-order chi connectivity index (χ0) is 28.1. The second-order valence-corrected chi connectivity index (χ2v) is 12.4. The number of aryl methyl sites for hydroxylation is 1. The van der Waals surface area contributed by atoms with Crippen LogP contribution < -0.4 is 24.5 Å². The van der Waals surface area contributed by atoms with E-state index in [9.17, 15) is 17.6 Å². The molecule has 1 aliphatic carbocycles. The van der Waals surface area contributed by atoms with E-state index in [2.05, 4.69) is 10.6 Å². The van der Waals surface area contributed by atoms with Crippen molar-refractivity contribution in [2.45, 2.75) is 50.9 Å². The van der Waals surface area contributed by atoms with Gasteiger partial charge in [0, 0.05) is 36.5 Å². The average Bonchev–Trinajstić information content (AvgIpc) is 3.74. The Balaban J connectivity index is 1.61. The van der Waals surface area contributed by atoms with Crippen molar-refractivity contribution in [3.05, 3.63) is 65.5 Å². The van der Waals surface area contributed by atoms with Gasteiger partial charge in [-0.1, -0.05) is 12.1 Å². The minimum Gasteiger partial charge on any atom is -0.496 e. The normalized spacial score (nSPS) is 16.4. The molecule has 1 heterocycles. The van der Waals surface area contributed by atoms with Crippen LogP contribution in [0.15, 0.2) is 48.5 Å². The van der Waals surface area contributed by atoms with Gasteiger partial charge in [0.15, 0.2) is 0 Å². The zero-order valence-electron chi connectivity index (χ0n) is 22.6. The summed E-state index contributed by atoms with van der Waals surface area (Å²) in [5.41, 5.74) is 4.44. The highest BCUT2D eigenvalue weighted by atomic mass is 32.2. The van der Waals surface area contributed by atoms with E-state index in [1.165, 1.54) is 19.2 Å². The Labute approximate surface area is 228 Å². The lowest BCUT2D eigenvalue weighted by molar-refractivity contribution is -0.121. The van der Waals surface area contributed by atoms with Gasteiger partial charge in [-0.2, -0.15) is 8.42 Å². The number of ether oxygens (including phenoxy) is 1. The van der Waals surface area contributed by atoms with Gasteiger partial charge in [0.2, 0.25) is 0 Å². The van der Waals surface area contributed by atoms with Gasteiger partial charge in [-0.3, -0.25) is 4.79 Å². The summed E-state index contributed by atoms with van der Waals surface area (Å²) >= 11 is 0. The van der Waals surface area contributed by atoms with Gasteiger partial charge < -0.3 is 24.5 Å². The summed E-state index contributed by atoms with van der Waals surface area (Å²) in [6, 6.07) is 13.3. The average molecular weight is 554 g/mol. The van der Waals surface area contributed by atoms with Gasteiger partial charge in [0.05, 0.1) is 23.7 Å². The third-order valence-corrected chi connectivity index (χ3v) is 8.88. The van der Waals surface area contributed by atoms with Crippen molar-refractivity contribution in [1.29, 1.82) is 0 Å². The Morgan fingerprint density at radius 2 is 1.82 bits per heavy atom. The van der Waals surface area contributed by atoms with Crippen LogP contribution in [0.5, 0.6) is 11.5 Å². The molecule has 39 heavy (non-hydrogen) atoms. The molecule has 206 valence electrons. The summed E-state index contributed by atoms with van der Waals surface area (Å²) in [5.74, 6) is 0.134. The molecule has 1 amide bonds. The number of likely N-dealkylation sites (N-methyl/N-ethyl adjacent to an activating group) is 1. The second kappa shape index (κ2) is 9.75. The van der Waals surface area contributed by atoms with Crippen LogP contribution >= 0.6 is 0 Å². The molecule has 0 saturated heterocycles. The molecule has 10 heteroatoms. The van der Waals surface area contributed by atoms with Crippen molar-refractivity contribution in [2.75, 3.05) is 29.7 Å². The monoisotopic (exact) mass is 553 g/mol. The number of benzene rings is 3. The summed E-state index contributed by atoms with van der Waals surface area (Å²) < 4.78 is 49.8. The maximum Gasteiger partial charge on any atom is 0.312 e. The lowest BCUT2D eigenvalue weighted by atomic mass is 9.91. The minimum atomic E-state index is -3.68. The van der Waals surface area contributed by atoms with E-state index in [4.69, 9.17) is 8.92 Å². The predicted octanol–water partition coefficient (Wildman–Crippen LogP) is 5.46. The van der Waals surface area contributed by atoms with Gasteiger partial charge >= 0.3 is 10.1 Å². The largest absolute Gasteiger partial charge is 0.496 e. The van der Waals surface area contributed by atoms with E-state index in [1.807, 2.05) is 32.9 Å². The van der Waals surface area contributed by atoms with Crippen LogP contribution in [-0.2, 0) is 21.5 Å². The van der Waals surface area contributed by atoms with Crippen LogP contribution in [0.2, 0.25) is 0 Å². The number of carbonyl (C=O) groups is 1. The van der Waals surface area contributed by atoms with Crippen molar-refractivity contribution in [3.8, 4) is 22.6 Å². The maximum atomic E-state index is 14.0. The van der Waals surface area contributed by atoms with E-state index >= 15 is 0 Å². The Morgan fingerprint density at radius 1 is 1.10 bits per heavy atom. The number of amides is 1. The van der Waals surface area contributed by atoms with Crippen molar-refractivity contribution in [3.63, 3.8) is 0 Å². The van der Waals surface area contributed by atoms with Crippen molar-refractivity contribution in [2.24, 2.45) is 0 Å². The van der Waals surface area contributed by atoms with E-state index in [0.717, 1.165) is 22.4 Å². The molecule has 0 aromatic heterocycles. The number of hydrogen-bond donors (Lipinski definition) is 2. The molecular formula is C29H32FN3O5S. The molecular weight excluding hydrogens is 521 g/mol. The molecule has 0 atom stereocenters. The van der Waals surface area contributed by atoms with Crippen LogP contribution in [-0.4, -0.2) is 39.3 Å². The van der Waals surface area contributed by atoms with Gasteiger partial charge in [-0.25, -0.2) is 4.39 Å². The fourth-order valence-electron chi connectivity index (χ4n) is 4.94. The second-order valence-electron chi connectivity index (χ2n) is 10.6. The minimum absolute atomic E-state index is 0.101. The zero-order valence-corrected chi connectivity index (χ0v) is 23.4. The highest BCUT2D eigenvalue weighted by Gasteiger charge is 2.39. The number of nitrogens with zero attached hydrogens (tertiary/aromatic N) is 1. The fraction of sp³-hybridized carbons (Fsp3) is 0.345. The van der Waals surface area contributed by atoms with Crippen LogP contribution in [0, 0.1) is 12.7 Å². The predicted molar refractivity (Wildman–Crippen MR) is 151 cm³/mol. The van der Waals surface area contributed by atoms with Crippen molar-refractivity contribution >= 4 is 33.1 Å². The van der Waals surface area contributed by atoms with Crippen LogP contribution in [0.4, 0.5) is 21.5 Å².